The smallest absolute Gasteiger partial charge is 0.323 e. The first-order valence-electron chi connectivity index (χ1n) is 6.27. The van der Waals surface area contributed by atoms with Crippen LogP contribution >= 0.6 is 0 Å². The zero-order valence-corrected chi connectivity index (χ0v) is 9.82. The van der Waals surface area contributed by atoms with Crippen LogP contribution in [0.1, 0.15) is 39.0 Å². The van der Waals surface area contributed by atoms with Crippen LogP contribution in [0.3, 0.4) is 0 Å². The third-order valence-corrected chi connectivity index (χ3v) is 3.56. The maximum Gasteiger partial charge on any atom is 0.323 e. The highest BCUT2D eigenvalue weighted by Gasteiger charge is 2.31. The first-order valence-corrected chi connectivity index (χ1v) is 6.27. The Hall–Kier alpha value is -0.610. The zero-order chi connectivity index (χ0) is 11.5. The molecule has 0 aromatic carbocycles. The van der Waals surface area contributed by atoms with Gasteiger partial charge in [-0.2, -0.15) is 0 Å². The number of β-amino-alcohol motifs (C(OH)–C–C–N with tert-alkyl or cyclic N) is 1. The molecule has 16 heavy (non-hydrogen) atoms. The third-order valence-electron chi connectivity index (χ3n) is 3.56. The molecule has 0 aromatic heterocycles. The molecule has 2 N–H and O–H groups in total. The number of nitrogens with one attached hydrogen (secondary N) is 1. The van der Waals surface area contributed by atoms with Gasteiger partial charge in [0.05, 0.1) is 6.10 Å². The van der Waals surface area contributed by atoms with Crippen molar-refractivity contribution in [3.8, 4) is 0 Å². The number of hydrogen-bond donors (Lipinski definition) is 2. The van der Waals surface area contributed by atoms with Crippen LogP contribution in [0.25, 0.3) is 0 Å². The number of ether oxygens (including phenoxy) is 1. The van der Waals surface area contributed by atoms with Gasteiger partial charge in [0.15, 0.2) is 0 Å². The van der Waals surface area contributed by atoms with E-state index in [1.165, 1.54) is 6.42 Å². The van der Waals surface area contributed by atoms with E-state index in [0.29, 0.717) is 18.9 Å². The van der Waals surface area contributed by atoms with Crippen molar-refractivity contribution in [2.24, 2.45) is 5.92 Å². The van der Waals surface area contributed by atoms with Gasteiger partial charge in [0, 0.05) is 13.0 Å². The molecule has 0 spiro atoms. The van der Waals surface area contributed by atoms with Crippen molar-refractivity contribution >= 4 is 5.97 Å². The number of carbonyl (C=O) groups excluding carboxylic acids is 1. The Balaban J connectivity index is 1.78. The zero-order valence-electron chi connectivity index (χ0n) is 9.82. The number of hydrogen-bond acceptors (Lipinski definition) is 4. The monoisotopic (exact) mass is 227 g/mol. The van der Waals surface area contributed by atoms with Crippen molar-refractivity contribution in [1.82, 2.24) is 5.32 Å². The summed E-state index contributed by atoms with van der Waals surface area (Å²) in [5.74, 6) is 0.476. The molecule has 4 atom stereocenters. The number of rotatable bonds is 2. The Bertz CT molecular complexity index is 257. The van der Waals surface area contributed by atoms with E-state index in [-0.39, 0.29) is 18.1 Å². The van der Waals surface area contributed by atoms with Crippen LogP contribution in [0.2, 0.25) is 0 Å². The minimum atomic E-state index is -0.400. The average Bonchev–Trinajstić information content (AvgIpc) is 2.65. The number of aliphatic hydroxyl groups is 1. The average molecular weight is 227 g/mol. The predicted molar refractivity (Wildman–Crippen MR) is 59.9 cm³/mol. The summed E-state index contributed by atoms with van der Waals surface area (Å²) in [6.45, 7) is 2.71. The summed E-state index contributed by atoms with van der Waals surface area (Å²) in [6, 6.07) is -0.299. The van der Waals surface area contributed by atoms with Crippen molar-refractivity contribution in [3.63, 3.8) is 0 Å². The van der Waals surface area contributed by atoms with Crippen molar-refractivity contribution in [2.45, 2.75) is 57.3 Å². The Morgan fingerprint density at radius 1 is 1.38 bits per heavy atom. The molecule has 0 bridgehead atoms. The molecule has 2 rings (SSSR count). The summed E-state index contributed by atoms with van der Waals surface area (Å²) in [5, 5.41) is 12.3. The van der Waals surface area contributed by atoms with Gasteiger partial charge in [0.2, 0.25) is 0 Å². The van der Waals surface area contributed by atoms with Crippen molar-refractivity contribution < 1.29 is 14.6 Å². The lowest BCUT2D eigenvalue weighted by Crippen LogP contribution is -2.36. The van der Waals surface area contributed by atoms with Crippen LogP contribution in [0.15, 0.2) is 0 Å². The Labute approximate surface area is 96.4 Å². The fourth-order valence-corrected chi connectivity index (χ4v) is 2.63. The topological polar surface area (TPSA) is 58.6 Å². The summed E-state index contributed by atoms with van der Waals surface area (Å²) >= 11 is 0. The lowest BCUT2D eigenvalue weighted by molar-refractivity contribution is -0.153. The molecule has 3 unspecified atom stereocenters. The van der Waals surface area contributed by atoms with E-state index in [1.807, 2.05) is 0 Å². The van der Waals surface area contributed by atoms with Gasteiger partial charge in [0.25, 0.3) is 0 Å². The van der Waals surface area contributed by atoms with Gasteiger partial charge in [-0.25, -0.2) is 0 Å². The largest absolute Gasteiger partial charge is 0.461 e. The lowest BCUT2D eigenvalue weighted by Gasteiger charge is -2.27. The van der Waals surface area contributed by atoms with Gasteiger partial charge < -0.3 is 15.2 Å². The van der Waals surface area contributed by atoms with Crippen LogP contribution < -0.4 is 5.32 Å². The highest BCUT2D eigenvalue weighted by atomic mass is 16.5. The molecule has 1 saturated heterocycles. The Morgan fingerprint density at radius 2 is 2.19 bits per heavy atom. The molecule has 1 heterocycles. The maximum atomic E-state index is 11.8. The number of carbonyl (C=O) groups is 1. The molecule has 0 amide bonds. The van der Waals surface area contributed by atoms with E-state index in [0.717, 1.165) is 19.3 Å². The molecule has 0 radical (unpaired) electrons. The van der Waals surface area contributed by atoms with E-state index in [4.69, 9.17) is 4.74 Å². The normalized spacial score (nSPS) is 39.6. The fraction of sp³-hybridized carbons (Fsp3) is 0.917. The van der Waals surface area contributed by atoms with E-state index in [1.54, 1.807) is 0 Å². The highest BCUT2D eigenvalue weighted by Crippen LogP contribution is 2.26. The second kappa shape index (κ2) is 5.15. The van der Waals surface area contributed by atoms with Gasteiger partial charge >= 0.3 is 5.97 Å². The molecule has 92 valence electrons. The van der Waals surface area contributed by atoms with E-state index in [9.17, 15) is 9.90 Å². The number of esters is 1. The van der Waals surface area contributed by atoms with Gasteiger partial charge in [-0.1, -0.05) is 13.3 Å². The molecule has 1 aliphatic carbocycles. The minimum absolute atomic E-state index is 0.0933. The predicted octanol–water partition coefficient (Wildman–Crippen LogP) is 0.831. The second-order valence-electron chi connectivity index (χ2n) is 5.18. The molecule has 4 heteroatoms. The number of aliphatic hydroxyl groups excluding tert-OH is 1. The first-order chi connectivity index (χ1) is 7.65. The Kier molecular flexibility index (Phi) is 3.82. The molecule has 1 aliphatic heterocycles. The Morgan fingerprint density at radius 3 is 2.81 bits per heavy atom. The standard InChI is InChI=1S/C12H21NO3/c1-8-3-2-4-10(5-8)16-12(15)11-6-9(14)7-13-11/h8-11,13-14H,2-7H2,1H3/t8?,9?,10?,11-/m0/s1. The second-order valence-corrected chi connectivity index (χ2v) is 5.18. The van der Waals surface area contributed by atoms with Crippen LogP contribution in [0, 0.1) is 5.92 Å². The molecule has 0 aromatic rings. The van der Waals surface area contributed by atoms with Crippen LogP contribution in [-0.4, -0.2) is 35.9 Å². The van der Waals surface area contributed by atoms with Gasteiger partial charge in [-0.3, -0.25) is 4.79 Å². The van der Waals surface area contributed by atoms with Gasteiger partial charge in [-0.05, 0) is 25.2 Å². The lowest BCUT2D eigenvalue weighted by atomic mass is 9.89. The van der Waals surface area contributed by atoms with Crippen molar-refractivity contribution in [2.75, 3.05) is 6.54 Å². The SMILES string of the molecule is CC1CCCC(OC(=O)[C@@H]2CC(O)CN2)C1. The maximum absolute atomic E-state index is 11.8. The summed E-state index contributed by atoms with van der Waals surface area (Å²) < 4.78 is 5.48. The molecule has 1 saturated carbocycles. The van der Waals surface area contributed by atoms with Crippen LogP contribution in [0.4, 0.5) is 0 Å². The van der Waals surface area contributed by atoms with Gasteiger partial charge in [0.1, 0.15) is 12.1 Å². The summed E-state index contributed by atoms with van der Waals surface area (Å²) in [5.41, 5.74) is 0. The third kappa shape index (κ3) is 2.95. The molecular formula is C12H21NO3. The summed E-state index contributed by atoms with van der Waals surface area (Å²) in [6.07, 6.45) is 4.56. The van der Waals surface area contributed by atoms with E-state index < -0.39 is 6.10 Å². The first kappa shape index (κ1) is 11.9. The van der Waals surface area contributed by atoms with Gasteiger partial charge in [-0.15, -0.1) is 0 Å². The summed E-state index contributed by atoms with van der Waals surface area (Å²) in [7, 11) is 0. The van der Waals surface area contributed by atoms with Crippen molar-refractivity contribution in [3.05, 3.63) is 0 Å². The van der Waals surface area contributed by atoms with E-state index >= 15 is 0 Å². The minimum Gasteiger partial charge on any atom is -0.461 e. The van der Waals surface area contributed by atoms with Crippen molar-refractivity contribution in [1.29, 1.82) is 0 Å². The molecule has 4 nitrogen and oxygen atoms in total. The van der Waals surface area contributed by atoms with Crippen LogP contribution in [0.5, 0.6) is 0 Å². The van der Waals surface area contributed by atoms with Crippen LogP contribution in [-0.2, 0) is 9.53 Å². The highest BCUT2D eigenvalue weighted by molar-refractivity contribution is 5.76. The quantitative estimate of drug-likeness (QED) is 0.686. The molecular weight excluding hydrogens is 206 g/mol. The summed E-state index contributed by atoms with van der Waals surface area (Å²) in [4.78, 5) is 11.8. The van der Waals surface area contributed by atoms with E-state index in [2.05, 4.69) is 12.2 Å². The molecule has 2 aliphatic rings. The molecule has 2 fully saturated rings. The fourth-order valence-electron chi connectivity index (χ4n) is 2.63.